The second-order valence-electron chi connectivity index (χ2n) is 5.73. The monoisotopic (exact) mass is 266 g/mol. The highest BCUT2D eigenvalue weighted by Gasteiger charge is 2.26. The summed E-state index contributed by atoms with van der Waals surface area (Å²) >= 11 is 0. The number of nitrogens with zero attached hydrogens (tertiary/aromatic N) is 3. The molecule has 3 unspecified atom stereocenters. The van der Waals surface area contributed by atoms with Crippen LogP contribution in [0.5, 0.6) is 0 Å². The molecular weight excluding hydrogens is 240 g/mol. The van der Waals surface area contributed by atoms with Crippen molar-refractivity contribution >= 4 is 0 Å². The predicted octanol–water partition coefficient (Wildman–Crippen LogP) is 2.01. The minimum atomic E-state index is 0.534. The van der Waals surface area contributed by atoms with Crippen molar-refractivity contribution < 1.29 is 4.74 Å². The van der Waals surface area contributed by atoms with E-state index in [9.17, 15) is 0 Å². The number of methoxy groups -OCH3 is 1. The number of nitrogens with one attached hydrogen (secondary N) is 1. The number of aromatic nitrogens is 3. The lowest BCUT2D eigenvalue weighted by atomic mass is 9.79. The van der Waals surface area contributed by atoms with E-state index in [0.29, 0.717) is 6.04 Å². The maximum absolute atomic E-state index is 4.99. The first-order valence-corrected chi connectivity index (χ1v) is 7.30. The second kappa shape index (κ2) is 7.01. The lowest BCUT2D eigenvalue weighted by molar-refractivity contribution is 0.197. The molecule has 0 bridgehead atoms. The van der Waals surface area contributed by atoms with Gasteiger partial charge in [0.25, 0.3) is 0 Å². The van der Waals surface area contributed by atoms with E-state index in [1.807, 2.05) is 6.33 Å². The van der Waals surface area contributed by atoms with Gasteiger partial charge >= 0.3 is 0 Å². The minimum Gasteiger partial charge on any atom is -0.383 e. The molecule has 3 atom stereocenters. The maximum atomic E-state index is 4.99. The van der Waals surface area contributed by atoms with Crippen LogP contribution in [0.1, 0.15) is 45.0 Å². The van der Waals surface area contributed by atoms with Crippen LogP contribution in [-0.4, -0.2) is 35.0 Å². The quantitative estimate of drug-likeness (QED) is 0.800. The summed E-state index contributed by atoms with van der Waals surface area (Å²) in [4.78, 5) is 4.38. The van der Waals surface area contributed by atoms with Crippen molar-refractivity contribution in [3.63, 3.8) is 0 Å². The summed E-state index contributed by atoms with van der Waals surface area (Å²) < 4.78 is 7.06. The van der Waals surface area contributed by atoms with E-state index >= 15 is 0 Å². The number of ether oxygens (including phenoxy) is 1. The first-order valence-electron chi connectivity index (χ1n) is 7.30. The van der Waals surface area contributed by atoms with Crippen molar-refractivity contribution in [1.82, 2.24) is 20.1 Å². The second-order valence-corrected chi connectivity index (χ2v) is 5.73. The van der Waals surface area contributed by atoms with Crippen molar-refractivity contribution in [2.45, 2.75) is 45.7 Å². The Morgan fingerprint density at radius 2 is 2.21 bits per heavy atom. The molecule has 1 aromatic rings. The van der Waals surface area contributed by atoms with Crippen LogP contribution in [0, 0.1) is 11.8 Å². The van der Waals surface area contributed by atoms with Gasteiger partial charge in [-0.2, -0.15) is 5.10 Å². The summed E-state index contributed by atoms with van der Waals surface area (Å²) in [6, 6.07) is 0.534. The first-order chi connectivity index (χ1) is 9.20. The van der Waals surface area contributed by atoms with Gasteiger partial charge in [0.2, 0.25) is 0 Å². The van der Waals surface area contributed by atoms with Gasteiger partial charge in [-0.05, 0) is 31.1 Å². The zero-order chi connectivity index (χ0) is 13.7. The highest BCUT2D eigenvalue weighted by atomic mass is 16.5. The lowest BCUT2D eigenvalue weighted by Crippen LogP contribution is -2.24. The van der Waals surface area contributed by atoms with Gasteiger partial charge in [0.15, 0.2) is 5.82 Å². The third-order valence-electron chi connectivity index (χ3n) is 4.27. The fourth-order valence-electron chi connectivity index (χ4n) is 2.70. The Kier molecular flexibility index (Phi) is 5.34. The standard InChI is InChI=1S/C14H26N4O/c1-11-4-5-13(8-12(11)2)18-10-16-14(17-18)9-15-6-7-19-3/h10-13,15H,4-9H2,1-3H3. The zero-order valence-corrected chi connectivity index (χ0v) is 12.3. The largest absolute Gasteiger partial charge is 0.383 e. The van der Waals surface area contributed by atoms with Crippen LogP contribution in [0.2, 0.25) is 0 Å². The molecule has 0 spiro atoms. The van der Waals surface area contributed by atoms with E-state index in [4.69, 9.17) is 4.74 Å². The normalized spacial score (nSPS) is 27.6. The summed E-state index contributed by atoms with van der Waals surface area (Å²) in [6.45, 7) is 6.98. The molecule has 0 aliphatic heterocycles. The van der Waals surface area contributed by atoms with E-state index < -0.39 is 0 Å². The molecule has 1 aromatic heterocycles. The highest BCUT2D eigenvalue weighted by Crippen LogP contribution is 2.35. The predicted molar refractivity (Wildman–Crippen MR) is 74.8 cm³/mol. The molecule has 2 rings (SSSR count). The molecular formula is C14H26N4O. The summed E-state index contributed by atoms with van der Waals surface area (Å²) in [5.74, 6) is 2.50. The van der Waals surface area contributed by atoms with Crippen molar-refractivity contribution in [2.24, 2.45) is 11.8 Å². The van der Waals surface area contributed by atoms with Crippen LogP contribution in [0.3, 0.4) is 0 Å². The fourth-order valence-corrected chi connectivity index (χ4v) is 2.70. The van der Waals surface area contributed by atoms with Crippen molar-refractivity contribution in [3.05, 3.63) is 12.2 Å². The van der Waals surface area contributed by atoms with Gasteiger partial charge in [-0.15, -0.1) is 0 Å². The van der Waals surface area contributed by atoms with E-state index in [-0.39, 0.29) is 0 Å². The third kappa shape index (κ3) is 4.01. The van der Waals surface area contributed by atoms with Crippen LogP contribution in [0.15, 0.2) is 6.33 Å². The van der Waals surface area contributed by atoms with Crippen LogP contribution in [0.25, 0.3) is 0 Å². The van der Waals surface area contributed by atoms with Crippen LogP contribution < -0.4 is 5.32 Å². The van der Waals surface area contributed by atoms with E-state index in [0.717, 1.165) is 37.4 Å². The molecule has 0 saturated heterocycles. The Morgan fingerprint density at radius 1 is 1.37 bits per heavy atom. The molecule has 1 aliphatic carbocycles. The van der Waals surface area contributed by atoms with E-state index in [2.05, 4.69) is 33.9 Å². The topological polar surface area (TPSA) is 52.0 Å². The Morgan fingerprint density at radius 3 is 2.95 bits per heavy atom. The van der Waals surface area contributed by atoms with E-state index in [1.165, 1.54) is 19.3 Å². The number of hydrogen-bond acceptors (Lipinski definition) is 4. The highest BCUT2D eigenvalue weighted by molar-refractivity contribution is 4.85. The SMILES string of the molecule is COCCNCc1ncn(C2CCC(C)C(C)C2)n1. The smallest absolute Gasteiger partial charge is 0.164 e. The lowest BCUT2D eigenvalue weighted by Gasteiger charge is -2.31. The van der Waals surface area contributed by atoms with Gasteiger partial charge in [-0.1, -0.05) is 13.8 Å². The number of rotatable bonds is 6. The van der Waals surface area contributed by atoms with Gasteiger partial charge in [0.1, 0.15) is 6.33 Å². The Hall–Kier alpha value is -0.940. The average Bonchev–Trinajstić information content (AvgIpc) is 2.87. The van der Waals surface area contributed by atoms with Gasteiger partial charge < -0.3 is 10.1 Å². The van der Waals surface area contributed by atoms with Crippen LogP contribution in [0.4, 0.5) is 0 Å². The summed E-state index contributed by atoms with van der Waals surface area (Å²) in [5, 5.41) is 7.86. The van der Waals surface area contributed by atoms with Gasteiger partial charge in [0.05, 0.1) is 19.2 Å². The Balaban J connectivity index is 1.83. The molecule has 1 fully saturated rings. The molecule has 19 heavy (non-hydrogen) atoms. The van der Waals surface area contributed by atoms with Gasteiger partial charge in [-0.25, -0.2) is 9.67 Å². The maximum Gasteiger partial charge on any atom is 0.164 e. The van der Waals surface area contributed by atoms with Gasteiger partial charge in [0, 0.05) is 13.7 Å². The minimum absolute atomic E-state index is 0.534. The molecule has 0 amide bonds. The molecule has 5 nitrogen and oxygen atoms in total. The molecule has 1 saturated carbocycles. The molecule has 108 valence electrons. The third-order valence-corrected chi connectivity index (χ3v) is 4.27. The van der Waals surface area contributed by atoms with Crippen molar-refractivity contribution in [2.75, 3.05) is 20.3 Å². The van der Waals surface area contributed by atoms with E-state index in [1.54, 1.807) is 7.11 Å². The van der Waals surface area contributed by atoms with Crippen molar-refractivity contribution in [1.29, 1.82) is 0 Å². The summed E-state index contributed by atoms with van der Waals surface area (Å²) in [7, 11) is 1.71. The van der Waals surface area contributed by atoms with Gasteiger partial charge in [-0.3, -0.25) is 0 Å². The molecule has 0 aromatic carbocycles. The number of hydrogen-bond donors (Lipinski definition) is 1. The molecule has 1 N–H and O–H groups in total. The first kappa shape index (κ1) is 14.5. The molecule has 1 heterocycles. The van der Waals surface area contributed by atoms with Crippen LogP contribution >= 0.6 is 0 Å². The summed E-state index contributed by atoms with van der Waals surface area (Å²) in [6.07, 6.45) is 5.64. The Bertz CT molecular complexity index is 379. The molecule has 5 heteroatoms. The zero-order valence-electron chi connectivity index (χ0n) is 12.3. The summed E-state index contributed by atoms with van der Waals surface area (Å²) in [5.41, 5.74) is 0. The fraction of sp³-hybridized carbons (Fsp3) is 0.857. The average molecular weight is 266 g/mol. The van der Waals surface area contributed by atoms with Crippen molar-refractivity contribution in [3.8, 4) is 0 Å². The molecule has 1 aliphatic rings. The van der Waals surface area contributed by atoms with Crippen LogP contribution in [-0.2, 0) is 11.3 Å². The Labute approximate surface area is 115 Å². The molecule has 0 radical (unpaired) electrons.